The first-order valence-corrected chi connectivity index (χ1v) is 9.64. The zero-order chi connectivity index (χ0) is 19.7. The van der Waals surface area contributed by atoms with Crippen LogP contribution in [0.15, 0.2) is 60.7 Å². The van der Waals surface area contributed by atoms with Crippen molar-refractivity contribution in [2.75, 3.05) is 5.32 Å². The molecule has 5 nitrogen and oxygen atoms in total. The van der Waals surface area contributed by atoms with E-state index in [1.165, 1.54) is 0 Å². The second kappa shape index (κ2) is 7.68. The lowest BCUT2D eigenvalue weighted by atomic mass is 9.62. The van der Waals surface area contributed by atoms with E-state index in [1.54, 1.807) is 48.5 Å². The van der Waals surface area contributed by atoms with Crippen LogP contribution in [0.3, 0.4) is 0 Å². The predicted octanol–water partition coefficient (Wildman–Crippen LogP) is 4.98. The van der Waals surface area contributed by atoms with Crippen molar-refractivity contribution in [2.45, 2.75) is 12.8 Å². The number of halogens is 1. The van der Waals surface area contributed by atoms with Crippen molar-refractivity contribution in [1.82, 2.24) is 0 Å². The fourth-order valence-corrected chi connectivity index (χ4v) is 4.28. The van der Waals surface area contributed by atoms with Crippen LogP contribution in [0.1, 0.15) is 12.8 Å². The molecule has 28 heavy (non-hydrogen) atoms. The molecule has 0 heterocycles. The molecule has 2 N–H and O–H groups in total. The van der Waals surface area contributed by atoms with Gasteiger partial charge in [-0.15, -0.1) is 0 Å². The molecule has 0 aromatic heterocycles. The third-order valence-corrected chi connectivity index (χ3v) is 5.76. The molecule has 3 aliphatic carbocycles. The van der Waals surface area contributed by atoms with Gasteiger partial charge in [0.15, 0.2) is 0 Å². The summed E-state index contributed by atoms with van der Waals surface area (Å²) in [4.78, 5) is 24.5. The third kappa shape index (κ3) is 3.76. The Bertz CT molecular complexity index is 907. The summed E-state index contributed by atoms with van der Waals surface area (Å²) >= 11 is 5.86. The Morgan fingerprint density at radius 3 is 1.96 bits per heavy atom. The minimum absolute atomic E-state index is 0.0152. The number of benzene rings is 2. The summed E-state index contributed by atoms with van der Waals surface area (Å²) in [7, 11) is 0. The molecule has 2 bridgehead atoms. The Morgan fingerprint density at radius 2 is 1.43 bits per heavy atom. The van der Waals surface area contributed by atoms with Crippen molar-refractivity contribution in [1.29, 1.82) is 0 Å². The number of nitrogens with one attached hydrogen (secondary N) is 1. The Morgan fingerprint density at radius 1 is 0.893 bits per heavy atom. The number of hydrogen-bond acceptors (Lipinski definition) is 3. The Kier molecular flexibility index (Phi) is 5.09. The summed E-state index contributed by atoms with van der Waals surface area (Å²) in [6.45, 7) is 0. The smallest absolute Gasteiger partial charge is 0.307 e. The molecule has 1 saturated carbocycles. The van der Waals surface area contributed by atoms with Crippen molar-refractivity contribution >= 4 is 29.2 Å². The topological polar surface area (TPSA) is 75.6 Å². The van der Waals surface area contributed by atoms with Crippen LogP contribution >= 0.6 is 11.6 Å². The summed E-state index contributed by atoms with van der Waals surface area (Å²) in [5.74, 6) is -1.11. The average Bonchev–Trinajstić information content (AvgIpc) is 2.71. The zero-order valence-corrected chi connectivity index (χ0v) is 15.8. The van der Waals surface area contributed by atoms with Crippen LogP contribution in [-0.4, -0.2) is 17.0 Å². The van der Waals surface area contributed by atoms with E-state index < -0.39 is 17.8 Å². The zero-order valence-electron chi connectivity index (χ0n) is 15.0. The van der Waals surface area contributed by atoms with E-state index in [4.69, 9.17) is 16.3 Å². The minimum Gasteiger partial charge on any atom is -0.481 e. The number of hydrogen-bond donors (Lipinski definition) is 2. The highest BCUT2D eigenvalue weighted by atomic mass is 35.5. The van der Waals surface area contributed by atoms with Gasteiger partial charge in [0.1, 0.15) is 11.5 Å². The monoisotopic (exact) mass is 397 g/mol. The highest BCUT2D eigenvalue weighted by Gasteiger charge is 2.48. The van der Waals surface area contributed by atoms with Crippen LogP contribution in [0.2, 0.25) is 5.02 Å². The maximum absolute atomic E-state index is 12.8. The summed E-state index contributed by atoms with van der Waals surface area (Å²) in [6, 6.07) is 14.0. The lowest BCUT2D eigenvalue weighted by molar-refractivity contribution is -0.151. The van der Waals surface area contributed by atoms with Gasteiger partial charge in [-0.05, 0) is 73.2 Å². The van der Waals surface area contributed by atoms with Crippen molar-refractivity contribution in [3.63, 3.8) is 0 Å². The molecule has 144 valence electrons. The van der Waals surface area contributed by atoms with Crippen LogP contribution in [-0.2, 0) is 9.59 Å². The van der Waals surface area contributed by atoms with Crippen LogP contribution in [0.5, 0.6) is 11.5 Å². The number of rotatable bonds is 5. The standard InChI is InChI=1S/C22H20ClNO4/c23-15-5-9-17(10-6-15)28-18-11-7-16(8-12-18)24-21(25)19-13-1-3-14(4-2-13)20(19)22(26)27/h1,3,5-14,19-20H,2,4H2,(H,24,25)(H,26,27)/t13-,14-,19+,20-/m0/s1. The van der Waals surface area contributed by atoms with Gasteiger partial charge in [-0.1, -0.05) is 23.8 Å². The number of allylic oxidation sites excluding steroid dienone is 2. The molecule has 3 aliphatic rings. The molecule has 0 aliphatic heterocycles. The Labute approximate surface area is 168 Å². The SMILES string of the molecule is O=C(O)[C@@H]1[C@H](C(=O)Nc2ccc(Oc3ccc(Cl)cc3)cc2)[C@H]2C=C[C@H]1CC2. The maximum atomic E-state index is 12.8. The number of amides is 1. The summed E-state index contributed by atoms with van der Waals surface area (Å²) in [5, 5.41) is 13.1. The largest absolute Gasteiger partial charge is 0.481 e. The van der Waals surface area contributed by atoms with Crippen molar-refractivity contribution in [3.05, 3.63) is 65.7 Å². The first-order chi connectivity index (χ1) is 13.5. The molecule has 0 unspecified atom stereocenters. The number of carbonyl (C=O) groups excluding carboxylic acids is 1. The molecule has 4 atom stereocenters. The summed E-state index contributed by atoms with van der Waals surface area (Å²) < 4.78 is 5.74. The first-order valence-electron chi connectivity index (χ1n) is 9.27. The van der Waals surface area contributed by atoms with Gasteiger partial charge in [0, 0.05) is 10.7 Å². The number of carboxylic acid groups (broad SMARTS) is 1. The molecule has 6 heteroatoms. The highest BCUT2D eigenvalue weighted by molar-refractivity contribution is 6.30. The summed E-state index contributed by atoms with van der Waals surface area (Å²) in [5.41, 5.74) is 0.614. The minimum atomic E-state index is -0.897. The molecular formula is C22H20ClNO4. The van der Waals surface area contributed by atoms with E-state index in [0.717, 1.165) is 12.8 Å². The van der Waals surface area contributed by atoms with Crippen molar-refractivity contribution in [3.8, 4) is 11.5 Å². The number of anilines is 1. The average molecular weight is 398 g/mol. The van der Waals surface area contributed by atoms with Crippen LogP contribution < -0.4 is 10.1 Å². The van der Waals surface area contributed by atoms with E-state index in [-0.39, 0.29) is 17.7 Å². The van der Waals surface area contributed by atoms with E-state index in [0.29, 0.717) is 22.2 Å². The van der Waals surface area contributed by atoms with Gasteiger partial charge >= 0.3 is 5.97 Å². The first kappa shape index (κ1) is 18.6. The highest BCUT2D eigenvalue weighted by Crippen LogP contribution is 2.45. The van der Waals surface area contributed by atoms with E-state index in [9.17, 15) is 14.7 Å². The molecule has 2 aromatic carbocycles. The lowest BCUT2D eigenvalue weighted by Crippen LogP contribution is -2.47. The Balaban J connectivity index is 1.44. The number of fused-ring (bicyclic) bond motifs is 2. The Hall–Kier alpha value is -2.79. The van der Waals surface area contributed by atoms with Crippen molar-refractivity contribution < 1.29 is 19.4 Å². The second-order valence-corrected chi connectivity index (χ2v) is 7.69. The van der Waals surface area contributed by atoms with E-state index >= 15 is 0 Å². The fourth-order valence-electron chi connectivity index (χ4n) is 4.16. The quantitative estimate of drug-likeness (QED) is 0.697. The molecular weight excluding hydrogens is 378 g/mol. The molecule has 2 aromatic rings. The molecule has 0 radical (unpaired) electrons. The lowest BCUT2D eigenvalue weighted by Gasteiger charge is -2.41. The van der Waals surface area contributed by atoms with Crippen LogP contribution in [0, 0.1) is 23.7 Å². The molecule has 1 fully saturated rings. The molecule has 0 spiro atoms. The second-order valence-electron chi connectivity index (χ2n) is 7.25. The number of ether oxygens (including phenoxy) is 1. The fraction of sp³-hybridized carbons (Fsp3) is 0.273. The third-order valence-electron chi connectivity index (χ3n) is 5.51. The maximum Gasteiger partial charge on any atom is 0.307 e. The number of carbonyl (C=O) groups is 2. The van der Waals surface area contributed by atoms with Gasteiger partial charge in [-0.3, -0.25) is 9.59 Å². The number of carboxylic acids is 1. The van der Waals surface area contributed by atoms with Crippen LogP contribution in [0.25, 0.3) is 0 Å². The van der Waals surface area contributed by atoms with Crippen molar-refractivity contribution in [2.24, 2.45) is 23.7 Å². The van der Waals surface area contributed by atoms with E-state index in [1.807, 2.05) is 12.2 Å². The van der Waals surface area contributed by atoms with Gasteiger partial charge in [0.25, 0.3) is 0 Å². The van der Waals surface area contributed by atoms with Gasteiger partial charge in [0.2, 0.25) is 5.91 Å². The van der Waals surface area contributed by atoms with Gasteiger partial charge in [0.05, 0.1) is 11.8 Å². The van der Waals surface area contributed by atoms with Crippen LogP contribution in [0.4, 0.5) is 5.69 Å². The molecule has 1 amide bonds. The molecule has 5 rings (SSSR count). The predicted molar refractivity (Wildman–Crippen MR) is 107 cm³/mol. The van der Waals surface area contributed by atoms with Gasteiger partial charge in [-0.25, -0.2) is 0 Å². The van der Waals surface area contributed by atoms with Gasteiger partial charge < -0.3 is 15.2 Å². The number of aliphatic carboxylic acids is 1. The normalized spacial score (nSPS) is 25.3. The van der Waals surface area contributed by atoms with Gasteiger partial charge in [-0.2, -0.15) is 0 Å². The molecule has 0 saturated heterocycles. The summed E-state index contributed by atoms with van der Waals surface area (Å²) in [6.07, 6.45) is 5.65. The van der Waals surface area contributed by atoms with E-state index in [2.05, 4.69) is 5.32 Å².